The van der Waals surface area contributed by atoms with Crippen LogP contribution in [0.2, 0.25) is 0 Å². The van der Waals surface area contributed by atoms with Crippen molar-refractivity contribution in [1.82, 2.24) is 5.32 Å². The van der Waals surface area contributed by atoms with Crippen LogP contribution in [0.3, 0.4) is 0 Å². The van der Waals surface area contributed by atoms with Crippen LogP contribution in [-0.4, -0.2) is 26.5 Å². The molecule has 1 aromatic rings. The molecular weight excluding hydrogens is 401 g/mol. The Morgan fingerprint density at radius 1 is 0.968 bits per heavy atom. The van der Waals surface area contributed by atoms with Crippen molar-refractivity contribution in [3.63, 3.8) is 0 Å². The van der Waals surface area contributed by atoms with Gasteiger partial charge < -0.3 is 15.0 Å². The second-order valence-corrected chi connectivity index (χ2v) is 7.58. The van der Waals surface area contributed by atoms with Crippen molar-refractivity contribution < 1.29 is 17.9 Å². The number of hydrogen-bond donors (Lipinski definition) is 1. The van der Waals surface area contributed by atoms with Gasteiger partial charge in [0.2, 0.25) is 0 Å². The maximum absolute atomic E-state index is 12.1. The molecule has 0 amide bonds. The van der Waals surface area contributed by atoms with Crippen LogP contribution in [0.25, 0.3) is 0 Å². The van der Waals surface area contributed by atoms with Crippen molar-refractivity contribution in [3.05, 3.63) is 47.7 Å². The topological polar surface area (TPSA) is 24.5 Å². The number of allylic oxidation sites excluding steroid dienone is 4. The molecule has 0 saturated carbocycles. The first-order valence-electron chi connectivity index (χ1n) is 11.3. The molecule has 0 aliphatic carbocycles. The first kappa shape index (κ1) is 29.1. The monoisotopic (exact) mass is 442 g/mol. The van der Waals surface area contributed by atoms with E-state index >= 15 is 0 Å². The average molecular weight is 443 g/mol. The smallest absolute Gasteiger partial charge is 0.406 e. The highest BCUT2D eigenvalue weighted by Gasteiger charge is 2.30. The molecule has 6 heteroatoms. The first-order chi connectivity index (χ1) is 14.6. The van der Waals surface area contributed by atoms with E-state index < -0.39 is 6.36 Å². The maximum Gasteiger partial charge on any atom is 0.573 e. The number of anilines is 1. The van der Waals surface area contributed by atoms with E-state index in [4.69, 9.17) is 0 Å². The van der Waals surface area contributed by atoms with Gasteiger partial charge in [0.15, 0.2) is 0 Å². The predicted molar refractivity (Wildman–Crippen MR) is 127 cm³/mol. The van der Waals surface area contributed by atoms with Gasteiger partial charge in [-0.15, -0.1) is 13.2 Å². The molecule has 0 heterocycles. The molecule has 0 unspecified atom stereocenters. The number of nitrogens with zero attached hydrogens (tertiary/aromatic N) is 1. The highest BCUT2D eigenvalue weighted by atomic mass is 19.4. The molecule has 1 aromatic carbocycles. The highest BCUT2D eigenvalue weighted by molar-refractivity contribution is 5.53. The molecule has 0 bridgehead atoms. The minimum atomic E-state index is -4.66. The van der Waals surface area contributed by atoms with Crippen molar-refractivity contribution in [3.8, 4) is 5.75 Å². The standard InChI is InChI=1S/C17H22F3NO.C8H19N/c1-5-6-7-13(2)12-14(3)21(4)15-8-10-16(11-9-15)22-17(18,19)20;1-3-5-6-8-9-7-4-2/h7-12H,5-6H2,1-4H3;9H,3-8H2,1-2H3/b13-7+,14-12-;. The Morgan fingerprint density at radius 2 is 1.61 bits per heavy atom. The summed E-state index contributed by atoms with van der Waals surface area (Å²) >= 11 is 0. The lowest BCUT2D eigenvalue weighted by molar-refractivity contribution is -0.274. The fourth-order valence-corrected chi connectivity index (χ4v) is 2.73. The summed E-state index contributed by atoms with van der Waals surface area (Å²) in [5.41, 5.74) is 2.98. The zero-order valence-corrected chi connectivity index (χ0v) is 20.1. The molecule has 0 spiro atoms. The summed E-state index contributed by atoms with van der Waals surface area (Å²) in [4.78, 5) is 1.92. The van der Waals surface area contributed by atoms with Crippen LogP contribution in [0.4, 0.5) is 18.9 Å². The van der Waals surface area contributed by atoms with Gasteiger partial charge in [-0.3, -0.25) is 0 Å². The number of nitrogens with one attached hydrogen (secondary N) is 1. The van der Waals surface area contributed by atoms with E-state index in [2.05, 4.69) is 43.0 Å². The number of rotatable bonds is 12. The molecule has 1 rings (SSSR count). The third-order valence-corrected chi connectivity index (χ3v) is 4.56. The van der Waals surface area contributed by atoms with Gasteiger partial charge in [0.1, 0.15) is 5.75 Å². The van der Waals surface area contributed by atoms with E-state index in [9.17, 15) is 13.2 Å². The fraction of sp³-hybridized carbons (Fsp3) is 0.600. The van der Waals surface area contributed by atoms with Gasteiger partial charge in [-0.1, -0.05) is 51.7 Å². The van der Waals surface area contributed by atoms with Gasteiger partial charge in [0, 0.05) is 18.4 Å². The quantitative estimate of drug-likeness (QED) is 0.263. The van der Waals surface area contributed by atoms with Crippen LogP contribution < -0.4 is 15.0 Å². The summed E-state index contributed by atoms with van der Waals surface area (Å²) in [5.74, 6) is -0.217. The molecule has 0 atom stereocenters. The molecule has 0 aromatic heterocycles. The molecule has 0 aliphatic rings. The normalized spacial score (nSPS) is 12.3. The Bertz CT molecular complexity index is 631. The number of alkyl halides is 3. The molecule has 1 N–H and O–H groups in total. The van der Waals surface area contributed by atoms with Crippen molar-refractivity contribution >= 4 is 5.69 Å². The van der Waals surface area contributed by atoms with Crippen LogP contribution in [0.15, 0.2) is 47.7 Å². The summed E-state index contributed by atoms with van der Waals surface area (Å²) in [6.07, 6.45) is 6.98. The Hall–Kier alpha value is -1.95. The molecule has 3 nitrogen and oxygen atoms in total. The summed E-state index contributed by atoms with van der Waals surface area (Å²) in [6.45, 7) is 13.0. The summed E-state index contributed by atoms with van der Waals surface area (Å²) in [7, 11) is 1.87. The minimum Gasteiger partial charge on any atom is -0.406 e. The third-order valence-electron chi connectivity index (χ3n) is 4.56. The van der Waals surface area contributed by atoms with Crippen LogP contribution in [0.1, 0.15) is 73.1 Å². The lowest BCUT2D eigenvalue weighted by Crippen LogP contribution is -2.17. The van der Waals surface area contributed by atoms with Gasteiger partial charge >= 0.3 is 6.36 Å². The fourth-order valence-electron chi connectivity index (χ4n) is 2.73. The van der Waals surface area contributed by atoms with Crippen molar-refractivity contribution in [2.45, 2.75) is 79.5 Å². The predicted octanol–water partition coefficient (Wildman–Crippen LogP) is 7.85. The Balaban J connectivity index is 0.000000842. The SMILES string of the molecule is CCC/C=C(C)/C=C(/C)N(C)c1ccc(OC(F)(F)F)cc1.CCCCCNCCC. The molecule has 31 heavy (non-hydrogen) atoms. The first-order valence-corrected chi connectivity index (χ1v) is 11.3. The van der Waals surface area contributed by atoms with Gasteiger partial charge in [-0.2, -0.15) is 0 Å². The minimum absolute atomic E-state index is 0.217. The summed E-state index contributed by atoms with van der Waals surface area (Å²) in [6, 6.07) is 5.83. The summed E-state index contributed by atoms with van der Waals surface area (Å²) < 4.78 is 40.2. The Labute approximate surface area is 187 Å². The Kier molecular flexibility index (Phi) is 15.7. The lowest BCUT2D eigenvalue weighted by atomic mass is 10.2. The van der Waals surface area contributed by atoms with Crippen molar-refractivity contribution in [2.24, 2.45) is 0 Å². The number of ether oxygens (including phenoxy) is 1. The van der Waals surface area contributed by atoms with E-state index in [-0.39, 0.29) is 5.75 Å². The molecule has 0 fully saturated rings. The van der Waals surface area contributed by atoms with E-state index in [1.807, 2.05) is 25.8 Å². The van der Waals surface area contributed by atoms with E-state index in [1.165, 1.54) is 56.5 Å². The zero-order chi connectivity index (χ0) is 23.7. The van der Waals surface area contributed by atoms with Crippen molar-refractivity contribution in [2.75, 3.05) is 25.0 Å². The van der Waals surface area contributed by atoms with Gasteiger partial charge in [0.05, 0.1) is 0 Å². The largest absolute Gasteiger partial charge is 0.573 e. The van der Waals surface area contributed by atoms with Gasteiger partial charge in [0.25, 0.3) is 0 Å². The number of halogens is 3. The molecule has 0 saturated heterocycles. The average Bonchev–Trinajstić information content (AvgIpc) is 2.71. The van der Waals surface area contributed by atoms with Gasteiger partial charge in [-0.25, -0.2) is 0 Å². The van der Waals surface area contributed by atoms with Crippen molar-refractivity contribution in [1.29, 1.82) is 0 Å². The maximum atomic E-state index is 12.1. The van der Waals surface area contributed by atoms with Crippen LogP contribution >= 0.6 is 0 Å². The molecule has 178 valence electrons. The molecule has 0 aliphatic heterocycles. The van der Waals surface area contributed by atoms with Crippen LogP contribution in [0, 0.1) is 0 Å². The second kappa shape index (κ2) is 16.7. The number of hydrogen-bond acceptors (Lipinski definition) is 3. The number of benzene rings is 1. The highest BCUT2D eigenvalue weighted by Crippen LogP contribution is 2.26. The summed E-state index contributed by atoms with van der Waals surface area (Å²) in [5, 5.41) is 3.37. The van der Waals surface area contributed by atoms with Crippen LogP contribution in [0.5, 0.6) is 5.75 Å². The second-order valence-electron chi connectivity index (χ2n) is 7.58. The molecular formula is C25H41F3N2O. The third kappa shape index (κ3) is 15.5. The van der Waals surface area contributed by atoms with E-state index in [0.717, 1.165) is 24.2 Å². The number of unbranched alkanes of at least 4 members (excludes halogenated alkanes) is 3. The van der Waals surface area contributed by atoms with E-state index in [1.54, 1.807) is 12.1 Å². The Morgan fingerprint density at radius 3 is 2.13 bits per heavy atom. The van der Waals surface area contributed by atoms with Gasteiger partial charge in [-0.05, 0) is 76.5 Å². The lowest BCUT2D eigenvalue weighted by Gasteiger charge is -2.21. The van der Waals surface area contributed by atoms with E-state index in [0.29, 0.717) is 0 Å². The zero-order valence-electron chi connectivity index (χ0n) is 20.1. The van der Waals surface area contributed by atoms with Crippen LogP contribution in [-0.2, 0) is 0 Å². The molecule has 0 radical (unpaired) electrons.